The van der Waals surface area contributed by atoms with E-state index in [1.165, 1.54) is 20.9 Å². The summed E-state index contributed by atoms with van der Waals surface area (Å²) in [4.78, 5) is 32.8. The van der Waals surface area contributed by atoms with E-state index in [0.717, 1.165) is 16.6 Å². The highest BCUT2D eigenvalue weighted by atomic mass is 32.1. The molecule has 0 fully saturated rings. The molecule has 0 N–H and O–H groups in total. The summed E-state index contributed by atoms with van der Waals surface area (Å²) in [5.41, 5.74) is 3.56. The first-order chi connectivity index (χ1) is 23.3. The Morgan fingerprint density at radius 1 is 0.840 bits per heavy atom. The molecule has 0 aliphatic heterocycles. The number of rotatable bonds is 8. The van der Waals surface area contributed by atoms with Crippen LogP contribution in [-0.2, 0) is 9.47 Å². The molecular formula is C37H48N6O5SSi. The maximum atomic E-state index is 13.7. The number of anilines is 2. The first-order valence-electron chi connectivity index (χ1n) is 17.0. The molecule has 13 heteroatoms. The Hall–Kier alpha value is -4.36. The number of aromatic nitrogens is 5. The minimum absolute atomic E-state index is 0.321. The lowest BCUT2D eigenvalue weighted by Crippen LogP contribution is -2.56. The second-order valence-electron chi connectivity index (χ2n) is 15.5. The van der Waals surface area contributed by atoms with Gasteiger partial charge in [-0.1, -0.05) is 71.1 Å². The Morgan fingerprint density at radius 2 is 1.48 bits per heavy atom. The first-order valence-corrected chi connectivity index (χ1v) is 20.0. The van der Waals surface area contributed by atoms with Crippen LogP contribution in [0.2, 0.25) is 16.6 Å². The van der Waals surface area contributed by atoms with Gasteiger partial charge in [0.25, 0.3) is 0 Å². The van der Waals surface area contributed by atoms with E-state index in [4.69, 9.17) is 18.9 Å². The van der Waals surface area contributed by atoms with E-state index in [2.05, 4.69) is 56.8 Å². The molecule has 0 atom stereocenters. The smallest absolute Gasteiger partial charge is 0.435 e. The van der Waals surface area contributed by atoms with Crippen LogP contribution in [-0.4, -0.2) is 56.4 Å². The minimum Gasteiger partial charge on any atom is -0.446 e. The number of benzene rings is 2. The van der Waals surface area contributed by atoms with Gasteiger partial charge in [0.2, 0.25) is 5.13 Å². The molecule has 3 heterocycles. The molecule has 0 aliphatic carbocycles. The lowest BCUT2D eigenvalue weighted by molar-refractivity contribution is 0.0521. The molecule has 0 saturated heterocycles. The van der Waals surface area contributed by atoms with Gasteiger partial charge in [-0.3, -0.25) is 0 Å². The normalized spacial score (nSPS) is 12.7. The van der Waals surface area contributed by atoms with E-state index >= 15 is 0 Å². The van der Waals surface area contributed by atoms with Crippen molar-refractivity contribution in [1.82, 2.24) is 25.0 Å². The zero-order valence-electron chi connectivity index (χ0n) is 31.1. The molecule has 0 radical (unpaired) electrons. The highest BCUT2D eigenvalue weighted by Crippen LogP contribution is 2.42. The molecule has 1 amide bonds. The van der Waals surface area contributed by atoms with Gasteiger partial charge >= 0.3 is 12.2 Å². The van der Waals surface area contributed by atoms with Gasteiger partial charge in [-0.15, -0.1) is 10.2 Å². The second-order valence-corrected chi connectivity index (χ2v) is 22.2. The van der Waals surface area contributed by atoms with Crippen molar-refractivity contribution in [2.75, 3.05) is 4.90 Å². The van der Waals surface area contributed by atoms with Gasteiger partial charge in [0.1, 0.15) is 16.2 Å². The number of fused-ring (bicyclic) bond motifs is 1. The number of carbonyl (C=O) groups excluding carboxylic acids is 2. The maximum Gasteiger partial charge on any atom is 0.435 e. The maximum absolute atomic E-state index is 13.7. The highest BCUT2D eigenvalue weighted by Gasteiger charge is 2.49. The molecule has 0 bridgehead atoms. The molecular weight excluding hydrogens is 669 g/mol. The van der Waals surface area contributed by atoms with Crippen molar-refractivity contribution >= 4 is 58.8 Å². The fourth-order valence-electron chi connectivity index (χ4n) is 6.79. The number of nitrogens with zero attached hydrogens (tertiary/aromatic N) is 6. The predicted octanol–water partition coefficient (Wildman–Crippen LogP) is 9.95. The number of oxazole rings is 1. The van der Waals surface area contributed by atoms with Crippen LogP contribution in [0.1, 0.15) is 83.1 Å². The van der Waals surface area contributed by atoms with Crippen LogP contribution in [0.3, 0.4) is 0 Å². The molecule has 5 aromatic rings. The van der Waals surface area contributed by atoms with E-state index in [1.807, 2.05) is 30.5 Å². The summed E-state index contributed by atoms with van der Waals surface area (Å²) < 4.78 is 19.1. The van der Waals surface area contributed by atoms with Crippen LogP contribution in [0.4, 0.5) is 20.4 Å². The summed E-state index contributed by atoms with van der Waals surface area (Å²) in [6.07, 6.45) is 2.18. The average molecular weight is 717 g/mol. The molecule has 0 spiro atoms. The molecule has 0 aliphatic rings. The van der Waals surface area contributed by atoms with Crippen molar-refractivity contribution in [3.63, 3.8) is 0 Å². The van der Waals surface area contributed by atoms with Crippen molar-refractivity contribution in [3.8, 4) is 21.9 Å². The van der Waals surface area contributed by atoms with Crippen molar-refractivity contribution in [1.29, 1.82) is 0 Å². The third kappa shape index (κ3) is 7.39. The minimum atomic E-state index is -2.07. The number of hydrogen-bond acceptors (Lipinski definition) is 10. The van der Waals surface area contributed by atoms with E-state index < -0.39 is 31.5 Å². The molecule has 0 unspecified atom stereocenters. The largest absolute Gasteiger partial charge is 0.446 e. The third-order valence-corrected chi connectivity index (χ3v) is 16.4. The molecule has 266 valence electrons. The van der Waals surface area contributed by atoms with Crippen LogP contribution in [0.25, 0.3) is 32.8 Å². The fourth-order valence-corrected chi connectivity index (χ4v) is 13.7. The average Bonchev–Trinajstić information content (AvgIpc) is 3.76. The van der Waals surface area contributed by atoms with Crippen molar-refractivity contribution < 1.29 is 23.5 Å². The summed E-state index contributed by atoms with van der Waals surface area (Å²) in [7, 11) is -2.07. The summed E-state index contributed by atoms with van der Waals surface area (Å²) in [5.74, 6) is 0.709. The standard InChI is InChI=1S/C37H48N6O5SSi/c1-22(2)50(23(3)4,24(5)6)33-38-21-30(46-33)25-14-13-15-26(18-25)31-40-41-32(49-31)42(34(44)47-36(7,8)9)28-16-17-29-27(19-28)20-39-43(29)35(45)48-37(10,11)12/h13-24H,1-12H3. The Kier molecular flexibility index (Phi) is 10.1. The van der Waals surface area contributed by atoms with Crippen LogP contribution >= 0.6 is 11.3 Å². The Labute approximate surface area is 299 Å². The monoisotopic (exact) mass is 716 g/mol. The lowest BCUT2D eigenvalue weighted by atomic mass is 10.1. The van der Waals surface area contributed by atoms with Crippen molar-refractivity contribution in [2.24, 2.45) is 0 Å². The van der Waals surface area contributed by atoms with Crippen LogP contribution in [0.5, 0.6) is 0 Å². The number of amides is 1. The fraction of sp³-hybridized carbons (Fsp3) is 0.459. The number of hydrogen-bond donors (Lipinski definition) is 0. The first kappa shape index (κ1) is 36.9. The third-order valence-electron chi connectivity index (χ3n) is 8.69. The van der Waals surface area contributed by atoms with Crippen LogP contribution in [0, 0.1) is 0 Å². The van der Waals surface area contributed by atoms with Crippen molar-refractivity contribution in [2.45, 2.75) is 111 Å². The number of carbonyl (C=O) groups is 2. The van der Waals surface area contributed by atoms with E-state index in [0.29, 0.717) is 49.1 Å². The van der Waals surface area contributed by atoms with E-state index in [1.54, 1.807) is 65.9 Å². The second kappa shape index (κ2) is 13.7. The molecule has 3 aromatic heterocycles. The van der Waals surface area contributed by atoms with Gasteiger partial charge in [-0.05, 0) is 82.4 Å². The van der Waals surface area contributed by atoms with Crippen LogP contribution in [0.15, 0.2) is 59.3 Å². The van der Waals surface area contributed by atoms with Crippen molar-refractivity contribution in [3.05, 3.63) is 54.9 Å². The Balaban J connectivity index is 1.50. The van der Waals surface area contributed by atoms with Gasteiger partial charge in [-0.25, -0.2) is 19.5 Å². The summed E-state index contributed by atoms with van der Waals surface area (Å²) in [6, 6.07) is 13.1. The summed E-state index contributed by atoms with van der Waals surface area (Å²) in [5, 5.41) is 14.7. The molecule has 5 rings (SSSR count). The van der Waals surface area contributed by atoms with Gasteiger partial charge in [0, 0.05) is 16.5 Å². The molecule has 50 heavy (non-hydrogen) atoms. The predicted molar refractivity (Wildman–Crippen MR) is 201 cm³/mol. The molecule has 2 aromatic carbocycles. The van der Waals surface area contributed by atoms with E-state index in [9.17, 15) is 9.59 Å². The van der Waals surface area contributed by atoms with E-state index in [-0.39, 0.29) is 0 Å². The molecule has 0 saturated carbocycles. The topological polar surface area (TPSA) is 125 Å². The Morgan fingerprint density at radius 3 is 2.10 bits per heavy atom. The number of ether oxygens (including phenoxy) is 2. The van der Waals surface area contributed by atoms with Crippen LogP contribution < -0.4 is 10.4 Å². The summed E-state index contributed by atoms with van der Waals surface area (Å²) >= 11 is 1.26. The highest BCUT2D eigenvalue weighted by molar-refractivity contribution is 7.18. The SMILES string of the molecule is CC(C)[Si](c1ncc(-c2cccc(-c3nnc(N(C(=O)OC(C)(C)C)c4ccc5c(cnn5C(=O)OC(C)(C)C)c4)s3)c2)o1)(C(C)C)C(C)C. The Bertz CT molecular complexity index is 1980. The lowest BCUT2D eigenvalue weighted by Gasteiger charge is -2.39. The molecule has 11 nitrogen and oxygen atoms in total. The zero-order valence-corrected chi connectivity index (χ0v) is 32.9. The van der Waals surface area contributed by atoms with Gasteiger partial charge in [0.15, 0.2) is 19.3 Å². The van der Waals surface area contributed by atoms with Gasteiger partial charge in [-0.2, -0.15) is 9.78 Å². The summed E-state index contributed by atoms with van der Waals surface area (Å²) in [6.45, 7) is 24.5. The zero-order chi connectivity index (χ0) is 36.8. The van der Waals surface area contributed by atoms with Gasteiger partial charge in [0.05, 0.1) is 23.6 Å². The quantitative estimate of drug-likeness (QED) is 0.144. The van der Waals surface area contributed by atoms with Gasteiger partial charge < -0.3 is 13.9 Å².